The number of carboxylic acids is 1. The molecule has 2 N–H and O–H groups in total. The third kappa shape index (κ3) is 1.59. The van der Waals surface area contributed by atoms with Crippen LogP contribution in [0.4, 0.5) is 0 Å². The molecule has 1 atom stereocenters. The second kappa shape index (κ2) is 3.49. The van der Waals surface area contributed by atoms with E-state index in [4.69, 9.17) is 5.11 Å². The van der Waals surface area contributed by atoms with E-state index in [0.717, 1.165) is 5.56 Å². The lowest BCUT2D eigenvalue weighted by atomic mass is 10.0. The molecular weight excluding hydrogens is 180 g/mol. The van der Waals surface area contributed by atoms with Crippen molar-refractivity contribution in [3.8, 4) is 0 Å². The zero-order valence-corrected chi connectivity index (χ0v) is 7.47. The Labute approximate surface area is 81.3 Å². The zero-order chi connectivity index (χ0) is 9.97. The molecule has 0 saturated carbocycles. The number of carboxylic acid groups (broad SMARTS) is 1. The molecule has 0 aromatic carbocycles. The van der Waals surface area contributed by atoms with Gasteiger partial charge in [-0.2, -0.15) is 0 Å². The van der Waals surface area contributed by atoms with E-state index in [1.165, 1.54) is 0 Å². The smallest absolute Gasteiger partial charge is 0.333 e. The van der Waals surface area contributed by atoms with Crippen LogP contribution in [-0.2, 0) is 4.79 Å². The lowest BCUT2D eigenvalue weighted by molar-refractivity contribution is -0.132. The van der Waals surface area contributed by atoms with E-state index in [1.54, 1.807) is 18.6 Å². The number of nitrogens with one attached hydrogen (secondary N) is 1. The summed E-state index contributed by atoms with van der Waals surface area (Å²) in [5, 5.41) is 11.8. The predicted octanol–water partition coefficient (Wildman–Crippen LogP) is 1.08. The van der Waals surface area contributed by atoms with E-state index in [2.05, 4.69) is 10.3 Å². The highest BCUT2D eigenvalue weighted by Crippen LogP contribution is 2.25. The fraction of sp³-hybridized carbons (Fsp3) is 0.200. The molecule has 1 aromatic heterocycles. The average molecular weight is 190 g/mol. The van der Waals surface area contributed by atoms with Crippen LogP contribution in [0.1, 0.15) is 18.0 Å². The van der Waals surface area contributed by atoms with Crippen LogP contribution in [0, 0.1) is 0 Å². The van der Waals surface area contributed by atoms with Crippen molar-refractivity contribution in [3.05, 3.63) is 41.9 Å². The van der Waals surface area contributed by atoms with E-state index < -0.39 is 5.97 Å². The summed E-state index contributed by atoms with van der Waals surface area (Å²) in [6.07, 6.45) is 5.50. The number of hydrogen-bond acceptors (Lipinski definition) is 3. The lowest BCUT2D eigenvalue weighted by Crippen LogP contribution is -2.09. The van der Waals surface area contributed by atoms with E-state index in [-0.39, 0.29) is 6.04 Å². The van der Waals surface area contributed by atoms with Gasteiger partial charge in [-0.15, -0.1) is 0 Å². The van der Waals surface area contributed by atoms with Crippen molar-refractivity contribution >= 4 is 5.97 Å². The largest absolute Gasteiger partial charge is 0.478 e. The van der Waals surface area contributed by atoms with Gasteiger partial charge in [-0.1, -0.05) is 0 Å². The highest BCUT2D eigenvalue weighted by Gasteiger charge is 2.21. The zero-order valence-electron chi connectivity index (χ0n) is 7.47. The Hall–Kier alpha value is -1.84. The number of nitrogens with zero attached hydrogens (tertiary/aromatic N) is 1. The van der Waals surface area contributed by atoms with Gasteiger partial charge in [-0.05, 0) is 17.7 Å². The second-order valence-electron chi connectivity index (χ2n) is 3.18. The summed E-state index contributed by atoms with van der Waals surface area (Å²) in [5.74, 6) is -0.853. The molecule has 1 aromatic rings. The Bertz CT molecular complexity index is 373. The Morgan fingerprint density at radius 3 is 2.79 bits per heavy atom. The number of rotatable bonds is 2. The van der Waals surface area contributed by atoms with E-state index in [0.29, 0.717) is 12.0 Å². The Morgan fingerprint density at radius 2 is 2.21 bits per heavy atom. The summed E-state index contributed by atoms with van der Waals surface area (Å²) in [4.78, 5) is 14.6. The maximum Gasteiger partial charge on any atom is 0.333 e. The van der Waals surface area contributed by atoms with Gasteiger partial charge in [-0.25, -0.2) is 4.79 Å². The molecule has 0 bridgehead atoms. The third-order valence-electron chi connectivity index (χ3n) is 2.27. The maximum absolute atomic E-state index is 10.7. The highest BCUT2D eigenvalue weighted by molar-refractivity contribution is 5.87. The molecule has 0 saturated heterocycles. The Kier molecular flexibility index (Phi) is 2.18. The molecule has 0 fully saturated rings. The van der Waals surface area contributed by atoms with Crippen LogP contribution in [0.25, 0.3) is 0 Å². The molecule has 1 aliphatic rings. The van der Waals surface area contributed by atoms with Gasteiger partial charge in [-0.3, -0.25) is 4.98 Å². The van der Waals surface area contributed by atoms with Crippen LogP contribution in [0.2, 0.25) is 0 Å². The van der Waals surface area contributed by atoms with Gasteiger partial charge < -0.3 is 10.4 Å². The van der Waals surface area contributed by atoms with E-state index in [9.17, 15) is 4.79 Å². The highest BCUT2D eigenvalue weighted by atomic mass is 16.4. The van der Waals surface area contributed by atoms with Gasteiger partial charge in [0.05, 0.1) is 11.6 Å². The normalized spacial score (nSPS) is 20.0. The molecule has 0 aliphatic carbocycles. The SMILES string of the molecule is O=C(O)C1=CNC(c2ccncc2)C1. The number of aliphatic carboxylic acids is 1. The molecule has 0 radical (unpaired) electrons. The molecule has 2 rings (SSSR count). The van der Waals surface area contributed by atoms with E-state index >= 15 is 0 Å². The number of aromatic nitrogens is 1. The molecule has 2 heterocycles. The summed E-state index contributed by atoms with van der Waals surface area (Å²) < 4.78 is 0. The van der Waals surface area contributed by atoms with Crippen molar-refractivity contribution in [2.45, 2.75) is 12.5 Å². The van der Waals surface area contributed by atoms with Gasteiger partial charge in [0, 0.05) is 25.0 Å². The third-order valence-corrected chi connectivity index (χ3v) is 2.27. The minimum absolute atomic E-state index is 0.0732. The van der Waals surface area contributed by atoms with Gasteiger partial charge in [0.2, 0.25) is 0 Å². The van der Waals surface area contributed by atoms with Crippen LogP contribution >= 0.6 is 0 Å². The standard InChI is InChI=1S/C10H10N2O2/c13-10(14)8-5-9(12-6-8)7-1-3-11-4-2-7/h1-4,6,9,12H,5H2,(H,13,14). The maximum atomic E-state index is 10.7. The molecule has 72 valence electrons. The molecule has 4 heteroatoms. The van der Waals surface area contributed by atoms with Crippen LogP contribution in [0.3, 0.4) is 0 Å². The Balaban J connectivity index is 2.10. The summed E-state index contributed by atoms with van der Waals surface area (Å²) in [7, 11) is 0. The van der Waals surface area contributed by atoms with Crippen LogP contribution in [0.5, 0.6) is 0 Å². The summed E-state index contributed by atoms with van der Waals surface area (Å²) in [6, 6.07) is 3.84. The number of hydrogen-bond donors (Lipinski definition) is 2. The van der Waals surface area contributed by atoms with Crippen molar-refractivity contribution in [1.82, 2.24) is 10.3 Å². The first-order valence-electron chi connectivity index (χ1n) is 4.35. The van der Waals surface area contributed by atoms with Crippen LogP contribution in [0.15, 0.2) is 36.3 Å². The van der Waals surface area contributed by atoms with Gasteiger partial charge in [0.25, 0.3) is 0 Å². The molecule has 14 heavy (non-hydrogen) atoms. The minimum Gasteiger partial charge on any atom is -0.478 e. The topological polar surface area (TPSA) is 62.2 Å². The molecule has 1 aliphatic heterocycles. The molecule has 0 amide bonds. The van der Waals surface area contributed by atoms with Crippen LogP contribution in [-0.4, -0.2) is 16.1 Å². The molecule has 1 unspecified atom stereocenters. The van der Waals surface area contributed by atoms with Gasteiger partial charge in [0.1, 0.15) is 0 Å². The first-order chi connectivity index (χ1) is 6.77. The fourth-order valence-electron chi connectivity index (χ4n) is 1.50. The van der Waals surface area contributed by atoms with Crippen molar-refractivity contribution in [2.24, 2.45) is 0 Å². The van der Waals surface area contributed by atoms with Gasteiger partial charge in [0.15, 0.2) is 0 Å². The number of pyridine rings is 1. The Morgan fingerprint density at radius 1 is 1.50 bits per heavy atom. The first-order valence-corrected chi connectivity index (χ1v) is 4.35. The molecule has 4 nitrogen and oxygen atoms in total. The molecular formula is C10H10N2O2. The van der Waals surface area contributed by atoms with Crippen LogP contribution < -0.4 is 5.32 Å². The van der Waals surface area contributed by atoms with Crippen molar-refractivity contribution in [2.75, 3.05) is 0 Å². The van der Waals surface area contributed by atoms with Crippen molar-refractivity contribution in [1.29, 1.82) is 0 Å². The lowest BCUT2D eigenvalue weighted by Gasteiger charge is -2.10. The molecule has 0 spiro atoms. The second-order valence-corrected chi connectivity index (χ2v) is 3.18. The monoisotopic (exact) mass is 190 g/mol. The van der Waals surface area contributed by atoms with E-state index in [1.807, 2.05) is 12.1 Å². The first kappa shape index (κ1) is 8.74. The number of carbonyl (C=O) groups is 1. The average Bonchev–Trinajstić information content (AvgIpc) is 2.68. The van der Waals surface area contributed by atoms with Crippen molar-refractivity contribution < 1.29 is 9.90 Å². The minimum atomic E-state index is -0.853. The quantitative estimate of drug-likeness (QED) is 0.732. The van der Waals surface area contributed by atoms with Crippen molar-refractivity contribution in [3.63, 3.8) is 0 Å². The van der Waals surface area contributed by atoms with Gasteiger partial charge >= 0.3 is 5.97 Å². The summed E-state index contributed by atoms with van der Waals surface area (Å²) in [6.45, 7) is 0. The fourth-order valence-corrected chi connectivity index (χ4v) is 1.50. The predicted molar refractivity (Wildman–Crippen MR) is 50.4 cm³/mol. The summed E-state index contributed by atoms with van der Waals surface area (Å²) >= 11 is 0. The summed E-state index contributed by atoms with van der Waals surface area (Å²) in [5.41, 5.74) is 1.49.